The molecule has 9 nitrogen and oxygen atoms in total. The molecule has 3 rings (SSSR count). The number of ether oxygens (including phenoxy) is 1. The van der Waals surface area contributed by atoms with E-state index in [0.717, 1.165) is 11.6 Å². The molecule has 1 saturated heterocycles. The Labute approximate surface area is 166 Å². The second-order valence-corrected chi connectivity index (χ2v) is 7.57. The van der Waals surface area contributed by atoms with Crippen molar-refractivity contribution in [3.05, 3.63) is 59.2 Å². The fourth-order valence-corrected chi connectivity index (χ4v) is 3.48. The van der Waals surface area contributed by atoms with Crippen LogP contribution in [0.1, 0.15) is 11.1 Å². The van der Waals surface area contributed by atoms with Crippen molar-refractivity contribution in [1.82, 2.24) is 10.6 Å². The molecule has 2 aromatic rings. The molecule has 2 aromatic carbocycles. The summed E-state index contributed by atoms with van der Waals surface area (Å²) in [5.74, 6) is -1.98. The second kappa shape index (κ2) is 7.76. The molecule has 1 fully saturated rings. The van der Waals surface area contributed by atoms with Gasteiger partial charge in [-0.2, -0.15) is 8.42 Å². The van der Waals surface area contributed by atoms with E-state index in [1.54, 1.807) is 12.1 Å². The summed E-state index contributed by atoms with van der Waals surface area (Å²) in [5, 5.41) is 3.88. The predicted molar refractivity (Wildman–Crippen MR) is 102 cm³/mol. The lowest BCUT2D eigenvalue weighted by Gasteiger charge is -2.16. The van der Waals surface area contributed by atoms with Crippen molar-refractivity contribution in [2.75, 3.05) is 7.11 Å². The minimum atomic E-state index is -4.23. The van der Waals surface area contributed by atoms with Crippen LogP contribution < -0.4 is 19.6 Å². The molecular formula is C19H16N2O7S. The Morgan fingerprint density at radius 2 is 1.55 bits per heavy atom. The van der Waals surface area contributed by atoms with Gasteiger partial charge in [0.25, 0.3) is 11.8 Å². The number of barbiturate groups is 1. The Bertz CT molecular complexity index is 1110. The van der Waals surface area contributed by atoms with Crippen molar-refractivity contribution < 1.29 is 31.7 Å². The monoisotopic (exact) mass is 416 g/mol. The van der Waals surface area contributed by atoms with Crippen LogP contribution in [-0.4, -0.2) is 33.4 Å². The number of methoxy groups -OCH3 is 1. The van der Waals surface area contributed by atoms with E-state index in [1.165, 1.54) is 37.4 Å². The number of hydrogen-bond donors (Lipinski definition) is 2. The normalized spacial score (nSPS) is 14.1. The third kappa shape index (κ3) is 4.27. The molecule has 1 heterocycles. The Morgan fingerprint density at radius 3 is 2.14 bits per heavy atom. The zero-order valence-electron chi connectivity index (χ0n) is 15.4. The first-order valence-corrected chi connectivity index (χ1v) is 9.68. The number of rotatable bonds is 5. The average Bonchev–Trinajstić information content (AvgIpc) is 2.65. The molecule has 29 heavy (non-hydrogen) atoms. The molecule has 0 radical (unpaired) electrons. The number of aryl methyl sites for hydroxylation is 1. The van der Waals surface area contributed by atoms with Gasteiger partial charge in [0.15, 0.2) is 11.5 Å². The minimum Gasteiger partial charge on any atom is -0.493 e. The van der Waals surface area contributed by atoms with Crippen molar-refractivity contribution in [2.45, 2.75) is 11.8 Å². The molecule has 0 spiro atoms. The molecule has 0 unspecified atom stereocenters. The van der Waals surface area contributed by atoms with Crippen molar-refractivity contribution in [2.24, 2.45) is 0 Å². The van der Waals surface area contributed by atoms with Crippen LogP contribution in [0.4, 0.5) is 4.79 Å². The maximum atomic E-state index is 12.7. The Hall–Kier alpha value is -3.66. The van der Waals surface area contributed by atoms with Gasteiger partial charge >= 0.3 is 16.1 Å². The molecule has 0 bridgehead atoms. The van der Waals surface area contributed by atoms with Crippen LogP contribution in [0.15, 0.2) is 52.9 Å². The summed E-state index contributed by atoms with van der Waals surface area (Å²) in [6, 6.07) is 9.52. The molecule has 2 N–H and O–H groups in total. The molecule has 1 aliphatic heterocycles. The van der Waals surface area contributed by atoms with E-state index in [9.17, 15) is 22.8 Å². The standard InChI is InChI=1S/C19H16N2O7S/c1-11-6-8-13(9-7-11)29(25,26)28-16-12(4-3-5-15(16)27-2)10-14-17(22)20-19(24)21-18(14)23/h3-10H,1-2H3,(H2,20,21,22,23,24). The highest BCUT2D eigenvalue weighted by Gasteiger charge is 2.29. The number of carbonyl (C=O) groups is 3. The predicted octanol–water partition coefficient (Wildman–Crippen LogP) is 1.52. The number of benzene rings is 2. The van der Waals surface area contributed by atoms with E-state index in [-0.39, 0.29) is 22.0 Å². The first kappa shape index (κ1) is 20.1. The molecule has 10 heteroatoms. The highest BCUT2D eigenvalue weighted by molar-refractivity contribution is 7.87. The van der Waals surface area contributed by atoms with Gasteiger partial charge in [0.1, 0.15) is 10.5 Å². The van der Waals surface area contributed by atoms with Gasteiger partial charge in [0.2, 0.25) is 0 Å². The highest BCUT2D eigenvalue weighted by atomic mass is 32.2. The molecule has 0 atom stereocenters. The molecule has 150 valence electrons. The summed E-state index contributed by atoms with van der Waals surface area (Å²) in [4.78, 5) is 35.1. The maximum Gasteiger partial charge on any atom is 0.339 e. The SMILES string of the molecule is COc1cccc(C=C2C(=O)NC(=O)NC2=O)c1OS(=O)(=O)c1ccc(C)cc1. The van der Waals surface area contributed by atoms with Gasteiger partial charge in [-0.15, -0.1) is 0 Å². The minimum absolute atomic E-state index is 0.0720. The third-order valence-corrected chi connectivity index (χ3v) is 5.21. The largest absolute Gasteiger partial charge is 0.493 e. The fourth-order valence-electron chi connectivity index (χ4n) is 2.52. The van der Waals surface area contributed by atoms with Gasteiger partial charge in [-0.05, 0) is 31.2 Å². The maximum absolute atomic E-state index is 12.7. The van der Waals surface area contributed by atoms with Crippen LogP contribution in [0.5, 0.6) is 11.5 Å². The van der Waals surface area contributed by atoms with E-state index in [4.69, 9.17) is 8.92 Å². The third-order valence-electron chi connectivity index (χ3n) is 3.98. The summed E-state index contributed by atoms with van der Waals surface area (Å²) in [7, 11) is -2.91. The van der Waals surface area contributed by atoms with Crippen LogP contribution in [0.2, 0.25) is 0 Å². The van der Waals surface area contributed by atoms with Gasteiger partial charge in [-0.25, -0.2) is 4.79 Å². The Morgan fingerprint density at radius 1 is 0.931 bits per heavy atom. The summed E-state index contributed by atoms with van der Waals surface area (Å²) < 4.78 is 35.9. The van der Waals surface area contributed by atoms with Crippen LogP contribution in [0.3, 0.4) is 0 Å². The fraction of sp³-hybridized carbons (Fsp3) is 0.105. The quantitative estimate of drug-likeness (QED) is 0.430. The summed E-state index contributed by atoms with van der Waals surface area (Å²) in [6.07, 6.45) is 1.11. The summed E-state index contributed by atoms with van der Waals surface area (Å²) in [6.45, 7) is 1.81. The van der Waals surface area contributed by atoms with Gasteiger partial charge in [-0.1, -0.05) is 29.8 Å². The van der Waals surface area contributed by atoms with Crippen molar-refractivity contribution in [1.29, 1.82) is 0 Å². The average molecular weight is 416 g/mol. The van der Waals surface area contributed by atoms with Crippen LogP contribution in [0, 0.1) is 6.92 Å². The van der Waals surface area contributed by atoms with Crippen LogP contribution >= 0.6 is 0 Å². The van der Waals surface area contributed by atoms with E-state index < -0.39 is 33.5 Å². The van der Waals surface area contributed by atoms with E-state index in [1.807, 2.05) is 17.6 Å². The molecule has 0 saturated carbocycles. The summed E-state index contributed by atoms with van der Waals surface area (Å²) in [5.41, 5.74) is 0.570. The van der Waals surface area contributed by atoms with Gasteiger partial charge in [-0.3, -0.25) is 20.2 Å². The summed E-state index contributed by atoms with van der Waals surface area (Å²) >= 11 is 0. The number of urea groups is 1. The Balaban J connectivity index is 2.06. The lowest BCUT2D eigenvalue weighted by atomic mass is 10.1. The van der Waals surface area contributed by atoms with Crippen molar-refractivity contribution in [3.63, 3.8) is 0 Å². The molecule has 0 aromatic heterocycles. The lowest BCUT2D eigenvalue weighted by Crippen LogP contribution is -2.51. The highest BCUT2D eigenvalue weighted by Crippen LogP contribution is 2.35. The second-order valence-electron chi connectivity index (χ2n) is 6.02. The van der Waals surface area contributed by atoms with Gasteiger partial charge in [0, 0.05) is 5.56 Å². The first-order valence-electron chi connectivity index (χ1n) is 8.28. The number of imide groups is 2. The molecule has 0 aliphatic carbocycles. The van der Waals surface area contributed by atoms with E-state index >= 15 is 0 Å². The zero-order valence-corrected chi connectivity index (χ0v) is 16.2. The van der Waals surface area contributed by atoms with Gasteiger partial charge in [0.05, 0.1) is 7.11 Å². The van der Waals surface area contributed by atoms with Gasteiger partial charge < -0.3 is 8.92 Å². The van der Waals surface area contributed by atoms with Crippen molar-refractivity contribution in [3.8, 4) is 11.5 Å². The van der Waals surface area contributed by atoms with E-state index in [0.29, 0.717) is 0 Å². The smallest absolute Gasteiger partial charge is 0.339 e. The van der Waals surface area contributed by atoms with Crippen molar-refractivity contribution >= 4 is 34.0 Å². The first-order chi connectivity index (χ1) is 13.7. The number of carbonyl (C=O) groups excluding carboxylic acids is 3. The number of hydrogen-bond acceptors (Lipinski definition) is 7. The molecular weight excluding hydrogens is 400 g/mol. The number of nitrogens with one attached hydrogen (secondary N) is 2. The van der Waals surface area contributed by atoms with E-state index in [2.05, 4.69) is 0 Å². The topological polar surface area (TPSA) is 128 Å². The molecule has 1 aliphatic rings. The van der Waals surface area contributed by atoms with Crippen LogP contribution in [-0.2, 0) is 19.7 Å². The lowest BCUT2D eigenvalue weighted by molar-refractivity contribution is -0.123. The van der Waals surface area contributed by atoms with Crippen LogP contribution in [0.25, 0.3) is 6.08 Å². The Kier molecular flexibility index (Phi) is 5.37. The zero-order chi connectivity index (χ0) is 21.2. The molecule has 4 amide bonds. The number of amides is 4. The number of para-hydroxylation sites is 1.